The first-order chi connectivity index (χ1) is 9.21. The van der Waals surface area contributed by atoms with Crippen LogP contribution in [-0.4, -0.2) is 31.6 Å². The van der Waals surface area contributed by atoms with Gasteiger partial charge in [0.2, 0.25) is 0 Å². The lowest BCUT2D eigenvalue weighted by molar-refractivity contribution is 0.200. The van der Waals surface area contributed by atoms with Gasteiger partial charge >= 0.3 is 0 Å². The van der Waals surface area contributed by atoms with Gasteiger partial charge in [0.05, 0.1) is 13.2 Å². The van der Waals surface area contributed by atoms with Crippen LogP contribution in [0.1, 0.15) is 31.4 Å². The molecular weight excluding hydrogens is 260 g/mol. The summed E-state index contributed by atoms with van der Waals surface area (Å²) in [6.45, 7) is 4.81. The Labute approximate surface area is 120 Å². The summed E-state index contributed by atoms with van der Waals surface area (Å²) in [5.74, 6) is 1.67. The topological polar surface area (TPSA) is 38.5 Å². The molecule has 0 saturated heterocycles. The maximum Gasteiger partial charge on any atom is 0.125 e. The molecule has 1 fully saturated rings. The number of methoxy groups -OCH3 is 1. The maximum atomic E-state index is 6.37. The molecule has 1 aliphatic carbocycles. The first-order valence-corrected chi connectivity index (χ1v) is 7.35. The molecule has 2 rings (SSSR count). The molecule has 4 heteroatoms. The van der Waals surface area contributed by atoms with Crippen LogP contribution in [-0.2, 0) is 0 Å². The van der Waals surface area contributed by atoms with Crippen molar-refractivity contribution in [1.82, 2.24) is 4.90 Å². The minimum Gasteiger partial charge on any atom is -0.496 e. The molecule has 106 valence electrons. The summed E-state index contributed by atoms with van der Waals surface area (Å²) in [7, 11) is 1.68. The van der Waals surface area contributed by atoms with E-state index < -0.39 is 0 Å². The first kappa shape index (κ1) is 14.6. The monoisotopic (exact) mass is 282 g/mol. The van der Waals surface area contributed by atoms with Crippen LogP contribution >= 0.6 is 11.6 Å². The summed E-state index contributed by atoms with van der Waals surface area (Å²) in [6.07, 6.45) is 2.68. The zero-order chi connectivity index (χ0) is 13.8. The minimum atomic E-state index is 0.134. The van der Waals surface area contributed by atoms with Gasteiger partial charge in [-0.15, -0.1) is 0 Å². The number of nitrogens with two attached hydrogens (primary N) is 1. The molecule has 0 bridgehead atoms. The van der Waals surface area contributed by atoms with Gasteiger partial charge in [-0.1, -0.05) is 24.6 Å². The van der Waals surface area contributed by atoms with Crippen LogP contribution < -0.4 is 10.5 Å². The molecule has 19 heavy (non-hydrogen) atoms. The third-order valence-electron chi connectivity index (χ3n) is 3.83. The molecule has 0 spiro atoms. The molecule has 1 unspecified atom stereocenters. The second-order valence-corrected chi connectivity index (χ2v) is 5.55. The number of hydrogen-bond donors (Lipinski definition) is 1. The molecule has 1 atom stereocenters. The van der Waals surface area contributed by atoms with E-state index >= 15 is 0 Å². The number of nitrogens with zero attached hydrogens (tertiary/aromatic N) is 1. The van der Waals surface area contributed by atoms with Crippen molar-refractivity contribution in [3.05, 3.63) is 28.8 Å². The van der Waals surface area contributed by atoms with E-state index in [1.165, 1.54) is 12.8 Å². The zero-order valence-electron chi connectivity index (χ0n) is 11.7. The summed E-state index contributed by atoms with van der Waals surface area (Å²) in [6, 6.07) is 5.91. The summed E-state index contributed by atoms with van der Waals surface area (Å²) in [4.78, 5) is 2.42. The SMILES string of the molecule is CCN(CC1CC1)C(CN)c1c(Cl)cccc1OC. The largest absolute Gasteiger partial charge is 0.496 e. The highest BCUT2D eigenvalue weighted by Gasteiger charge is 2.29. The van der Waals surface area contributed by atoms with E-state index in [0.717, 1.165) is 35.3 Å². The number of ether oxygens (including phenoxy) is 1. The van der Waals surface area contributed by atoms with Gasteiger partial charge in [-0.3, -0.25) is 4.90 Å². The van der Waals surface area contributed by atoms with Crippen molar-refractivity contribution in [2.24, 2.45) is 11.7 Å². The highest BCUT2D eigenvalue weighted by molar-refractivity contribution is 6.31. The Morgan fingerprint density at radius 2 is 2.21 bits per heavy atom. The predicted molar refractivity (Wildman–Crippen MR) is 79.8 cm³/mol. The van der Waals surface area contributed by atoms with E-state index in [1.807, 2.05) is 18.2 Å². The average Bonchev–Trinajstić information content (AvgIpc) is 3.23. The van der Waals surface area contributed by atoms with Gasteiger partial charge in [-0.25, -0.2) is 0 Å². The third kappa shape index (κ3) is 3.41. The van der Waals surface area contributed by atoms with Crippen molar-refractivity contribution < 1.29 is 4.74 Å². The molecule has 0 amide bonds. The van der Waals surface area contributed by atoms with Crippen LogP contribution in [0.4, 0.5) is 0 Å². The molecule has 0 aromatic heterocycles. The lowest BCUT2D eigenvalue weighted by Gasteiger charge is -2.31. The summed E-state index contributed by atoms with van der Waals surface area (Å²) in [5.41, 5.74) is 7.04. The number of halogens is 1. The lowest BCUT2D eigenvalue weighted by Crippen LogP contribution is -2.35. The lowest BCUT2D eigenvalue weighted by atomic mass is 10.0. The van der Waals surface area contributed by atoms with Crippen molar-refractivity contribution in [1.29, 1.82) is 0 Å². The normalized spacial score (nSPS) is 16.7. The average molecular weight is 283 g/mol. The third-order valence-corrected chi connectivity index (χ3v) is 4.16. The molecule has 1 aliphatic rings. The fraction of sp³-hybridized carbons (Fsp3) is 0.600. The van der Waals surface area contributed by atoms with E-state index in [2.05, 4.69) is 11.8 Å². The second-order valence-electron chi connectivity index (χ2n) is 5.14. The number of rotatable bonds is 7. The van der Waals surface area contributed by atoms with E-state index in [-0.39, 0.29) is 6.04 Å². The smallest absolute Gasteiger partial charge is 0.125 e. The fourth-order valence-corrected chi connectivity index (χ4v) is 2.87. The standard InChI is InChI=1S/C15H23ClN2O/c1-3-18(10-11-7-8-11)13(9-17)15-12(16)5-4-6-14(15)19-2/h4-6,11,13H,3,7-10,17H2,1-2H3. The quantitative estimate of drug-likeness (QED) is 0.835. The molecule has 0 aliphatic heterocycles. The van der Waals surface area contributed by atoms with Gasteiger partial charge in [0.15, 0.2) is 0 Å². The van der Waals surface area contributed by atoms with Gasteiger partial charge in [-0.05, 0) is 37.4 Å². The van der Waals surface area contributed by atoms with Crippen LogP contribution in [0.3, 0.4) is 0 Å². The summed E-state index contributed by atoms with van der Waals surface area (Å²) < 4.78 is 5.46. The molecule has 1 aromatic rings. The van der Waals surface area contributed by atoms with Crippen molar-refractivity contribution in [3.8, 4) is 5.75 Å². The molecule has 3 nitrogen and oxygen atoms in total. The highest BCUT2D eigenvalue weighted by atomic mass is 35.5. The highest BCUT2D eigenvalue weighted by Crippen LogP contribution is 2.37. The Hall–Kier alpha value is -0.770. The van der Waals surface area contributed by atoms with Gasteiger partial charge in [-0.2, -0.15) is 0 Å². The van der Waals surface area contributed by atoms with Crippen molar-refractivity contribution in [2.45, 2.75) is 25.8 Å². The Morgan fingerprint density at radius 1 is 1.47 bits per heavy atom. The van der Waals surface area contributed by atoms with E-state index in [4.69, 9.17) is 22.1 Å². The number of benzene rings is 1. The minimum absolute atomic E-state index is 0.134. The number of hydrogen-bond acceptors (Lipinski definition) is 3. The second kappa shape index (κ2) is 6.60. The molecule has 0 radical (unpaired) electrons. The number of likely N-dealkylation sites (N-methyl/N-ethyl adjacent to an activating group) is 1. The van der Waals surface area contributed by atoms with Gasteiger partial charge in [0.25, 0.3) is 0 Å². The van der Waals surface area contributed by atoms with Crippen molar-refractivity contribution in [2.75, 3.05) is 26.7 Å². The van der Waals surface area contributed by atoms with E-state index in [0.29, 0.717) is 6.54 Å². The van der Waals surface area contributed by atoms with Gasteiger partial charge in [0.1, 0.15) is 5.75 Å². The first-order valence-electron chi connectivity index (χ1n) is 6.97. The van der Waals surface area contributed by atoms with Crippen LogP contribution in [0.15, 0.2) is 18.2 Å². The van der Waals surface area contributed by atoms with E-state index in [9.17, 15) is 0 Å². The summed E-state index contributed by atoms with van der Waals surface area (Å²) in [5, 5.41) is 0.740. The molecular formula is C15H23ClN2O. The van der Waals surface area contributed by atoms with Crippen molar-refractivity contribution in [3.63, 3.8) is 0 Å². The van der Waals surface area contributed by atoms with Crippen LogP contribution in [0.5, 0.6) is 5.75 Å². The molecule has 1 saturated carbocycles. The Kier molecular flexibility index (Phi) is 5.08. The van der Waals surface area contributed by atoms with Crippen LogP contribution in [0, 0.1) is 5.92 Å². The Morgan fingerprint density at radius 3 is 2.74 bits per heavy atom. The Bertz CT molecular complexity index is 421. The van der Waals surface area contributed by atoms with Gasteiger partial charge < -0.3 is 10.5 Å². The fourth-order valence-electron chi connectivity index (χ4n) is 2.58. The zero-order valence-corrected chi connectivity index (χ0v) is 12.5. The van der Waals surface area contributed by atoms with Crippen LogP contribution in [0.25, 0.3) is 0 Å². The molecule has 1 aromatic carbocycles. The molecule has 2 N–H and O–H groups in total. The van der Waals surface area contributed by atoms with Crippen LogP contribution in [0.2, 0.25) is 5.02 Å². The van der Waals surface area contributed by atoms with Crippen molar-refractivity contribution >= 4 is 11.6 Å². The maximum absolute atomic E-state index is 6.37. The summed E-state index contributed by atoms with van der Waals surface area (Å²) >= 11 is 6.37. The Balaban J connectivity index is 2.28. The van der Waals surface area contributed by atoms with E-state index in [1.54, 1.807) is 7.11 Å². The molecule has 0 heterocycles. The van der Waals surface area contributed by atoms with Gasteiger partial charge in [0, 0.05) is 23.7 Å². The predicted octanol–water partition coefficient (Wildman–Crippen LogP) is 3.08.